The molecule has 2 aromatic carbocycles. The van der Waals surface area contributed by atoms with Crippen LogP contribution in [0.1, 0.15) is 13.8 Å². The summed E-state index contributed by atoms with van der Waals surface area (Å²) < 4.78 is 5.56. The fraction of sp³-hybridized carbons (Fsp3) is 0.211. The van der Waals surface area contributed by atoms with E-state index < -0.39 is 0 Å². The van der Waals surface area contributed by atoms with Crippen molar-refractivity contribution in [1.29, 1.82) is 0 Å². The van der Waals surface area contributed by atoms with Gasteiger partial charge in [0.1, 0.15) is 5.58 Å². The molecule has 5 nitrogen and oxygen atoms in total. The molecule has 3 aromatic rings. The zero-order valence-electron chi connectivity index (χ0n) is 13.9. The van der Waals surface area contributed by atoms with Gasteiger partial charge in [0.05, 0.1) is 5.56 Å². The molecular weight excluding hydrogens is 302 g/mol. The van der Waals surface area contributed by atoms with Gasteiger partial charge in [0.2, 0.25) is 0 Å². The summed E-state index contributed by atoms with van der Waals surface area (Å²) in [5, 5.41) is 0.904. The highest BCUT2D eigenvalue weighted by Crippen LogP contribution is 2.25. The highest BCUT2D eigenvalue weighted by molar-refractivity contribution is 5.84. The molecule has 0 unspecified atom stereocenters. The van der Waals surface area contributed by atoms with Crippen molar-refractivity contribution in [3.8, 4) is 11.1 Å². The van der Waals surface area contributed by atoms with Gasteiger partial charge < -0.3 is 14.7 Å². The molecule has 3 N–H and O–H groups in total. The highest BCUT2D eigenvalue weighted by atomic mass is 16.4. The molecule has 0 saturated heterocycles. The van der Waals surface area contributed by atoms with E-state index in [2.05, 4.69) is 30.2 Å². The van der Waals surface area contributed by atoms with E-state index in [0.717, 1.165) is 35.4 Å². The summed E-state index contributed by atoms with van der Waals surface area (Å²) in [6.45, 7) is 6.03. The predicted molar refractivity (Wildman–Crippen MR) is 99.3 cm³/mol. The molecule has 0 radical (unpaired) electrons. The van der Waals surface area contributed by atoms with E-state index in [0.29, 0.717) is 11.1 Å². The Balaban J connectivity index is 2.07. The number of benzene rings is 2. The quantitative estimate of drug-likeness (QED) is 0.426. The van der Waals surface area contributed by atoms with Crippen LogP contribution in [0.5, 0.6) is 0 Å². The summed E-state index contributed by atoms with van der Waals surface area (Å²) in [6, 6.07) is 15.2. The van der Waals surface area contributed by atoms with Crippen molar-refractivity contribution in [3.63, 3.8) is 0 Å². The van der Waals surface area contributed by atoms with Gasteiger partial charge in [-0.1, -0.05) is 12.1 Å². The first kappa shape index (κ1) is 16.1. The maximum atomic E-state index is 12.4. The van der Waals surface area contributed by atoms with Crippen LogP contribution in [0.2, 0.25) is 0 Å². The van der Waals surface area contributed by atoms with Crippen LogP contribution in [0.4, 0.5) is 11.4 Å². The number of hydrogen-bond donors (Lipinski definition) is 2. The number of nitrogen functional groups attached to an aromatic ring is 1. The highest BCUT2D eigenvalue weighted by Gasteiger charge is 2.10. The smallest absolute Gasteiger partial charge is 0.344 e. The van der Waals surface area contributed by atoms with E-state index >= 15 is 0 Å². The molecule has 0 aliphatic carbocycles. The van der Waals surface area contributed by atoms with Crippen LogP contribution in [0.25, 0.3) is 22.1 Å². The topological polar surface area (TPSA) is 71.5 Å². The molecule has 0 fully saturated rings. The van der Waals surface area contributed by atoms with Crippen LogP contribution in [-0.2, 0) is 0 Å². The molecule has 0 bridgehead atoms. The molecule has 0 aliphatic heterocycles. The van der Waals surface area contributed by atoms with Crippen molar-refractivity contribution in [3.05, 3.63) is 59.0 Å². The lowest BCUT2D eigenvalue weighted by Gasteiger charge is -2.21. The second kappa shape index (κ2) is 6.76. The molecule has 24 heavy (non-hydrogen) atoms. The maximum absolute atomic E-state index is 12.4. The van der Waals surface area contributed by atoms with Crippen molar-refractivity contribution in [2.75, 3.05) is 23.4 Å². The van der Waals surface area contributed by atoms with Crippen LogP contribution in [-0.4, -0.2) is 13.1 Å². The summed E-state index contributed by atoms with van der Waals surface area (Å²) in [4.78, 5) is 14.6. The average molecular weight is 323 g/mol. The minimum Gasteiger partial charge on any atom is -0.422 e. The first-order chi connectivity index (χ1) is 11.7. The molecule has 0 atom stereocenters. The maximum Gasteiger partial charge on any atom is 0.344 e. The molecule has 0 saturated carbocycles. The Morgan fingerprint density at radius 3 is 2.38 bits per heavy atom. The SMILES string of the molecule is CCN(CC)c1ccc2cc(-c3ccc(NN)cc3)c(=O)oc2c1. The lowest BCUT2D eigenvalue weighted by Crippen LogP contribution is -2.21. The molecule has 0 amide bonds. The van der Waals surface area contributed by atoms with E-state index in [4.69, 9.17) is 10.3 Å². The van der Waals surface area contributed by atoms with Crippen LogP contribution >= 0.6 is 0 Å². The van der Waals surface area contributed by atoms with E-state index in [1.54, 1.807) is 0 Å². The Labute approximate surface area is 140 Å². The normalized spacial score (nSPS) is 10.8. The standard InChI is InChI=1S/C19H21N3O2/c1-3-22(4-2)16-10-7-14-11-17(19(23)24-18(14)12-16)13-5-8-15(21-20)9-6-13/h5-12,21H,3-4,20H2,1-2H3. The van der Waals surface area contributed by atoms with Gasteiger partial charge in [0.25, 0.3) is 0 Å². The monoisotopic (exact) mass is 323 g/mol. The minimum atomic E-state index is -0.340. The molecule has 3 rings (SSSR count). The number of nitrogens with two attached hydrogens (primary N) is 1. The second-order valence-corrected chi connectivity index (χ2v) is 5.56. The van der Waals surface area contributed by atoms with Gasteiger partial charge in [-0.25, -0.2) is 4.79 Å². The zero-order chi connectivity index (χ0) is 17.1. The third-order valence-corrected chi connectivity index (χ3v) is 4.21. The Bertz CT molecular complexity index is 897. The Morgan fingerprint density at radius 1 is 1.04 bits per heavy atom. The third-order valence-electron chi connectivity index (χ3n) is 4.21. The first-order valence-corrected chi connectivity index (χ1v) is 8.06. The first-order valence-electron chi connectivity index (χ1n) is 8.06. The Hall–Kier alpha value is -2.79. The zero-order valence-corrected chi connectivity index (χ0v) is 13.9. The van der Waals surface area contributed by atoms with Gasteiger partial charge >= 0.3 is 5.63 Å². The van der Waals surface area contributed by atoms with Gasteiger partial charge in [0.15, 0.2) is 0 Å². The molecular formula is C19H21N3O2. The molecule has 124 valence electrons. The summed E-state index contributed by atoms with van der Waals surface area (Å²) in [5.74, 6) is 5.37. The lowest BCUT2D eigenvalue weighted by molar-refractivity contribution is 0.563. The predicted octanol–water partition coefficient (Wildman–Crippen LogP) is 3.59. The van der Waals surface area contributed by atoms with Crippen LogP contribution in [0.3, 0.4) is 0 Å². The number of fused-ring (bicyclic) bond motifs is 1. The van der Waals surface area contributed by atoms with E-state index in [9.17, 15) is 4.79 Å². The van der Waals surface area contributed by atoms with Gasteiger partial charge in [-0.05, 0) is 49.7 Å². The molecule has 0 aliphatic rings. The number of rotatable bonds is 5. The molecule has 0 spiro atoms. The number of anilines is 2. The summed E-state index contributed by atoms with van der Waals surface area (Å²) in [6.07, 6.45) is 0. The van der Waals surface area contributed by atoms with Gasteiger partial charge in [0, 0.05) is 35.9 Å². The number of nitrogens with zero attached hydrogens (tertiary/aromatic N) is 1. The van der Waals surface area contributed by atoms with Crippen molar-refractivity contribution < 1.29 is 4.42 Å². The minimum absolute atomic E-state index is 0.340. The fourth-order valence-corrected chi connectivity index (χ4v) is 2.83. The molecule has 1 heterocycles. The summed E-state index contributed by atoms with van der Waals surface area (Å²) in [7, 11) is 0. The van der Waals surface area contributed by atoms with E-state index in [1.807, 2.05) is 42.5 Å². The van der Waals surface area contributed by atoms with Crippen LogP contribution < -0.4 is 21.8 Å². The number of nitrogens with one attached hydrogen (secondary N) is 1. The number of hydrogen-bond acceptors (Lipinski definition) is 5. The van der Waals surface area contributed by atoms with Crippen molar-refractivity contribution in [1.82, 2.24) is 0 Å². The lowest BCUT2D eigenvalue weighted by atomic mass is 10.1. The van der Waals surface area contributed by atoms with E-state index in [-0.39, 0.29) is 5.63 Å². The van der Waals surface area contributed by atoms with Gasteiger partial charge in [-0.3, -0.25) is 5.84 Å². The Morgan fingerprint density at radius 2 is 1.75 bits per heavy atom. The Kier molecular flexibility index (Phi) is 4.53. The summed E-state index contributed by atoms with van der Waals surface area (Å²) in [5.41, 5.74) is 6.02. The van der Waals surface area contributed by atoms with E-state index in [1.165, 1.54) is 0 Å². The van der Waals surface area contributed by atoms with Crippen molar-refractivity contribution in [2.45, 2.75) is 13.8 Å². The fourth-order valence-electron chi connectivity index (χ4n) is 2.83. The van der Waals surface area contributed by atoms with Crippen molar-refractivity contribution >= 4 is 22.3 Å². The number of hydrazine groups is 1. The molecule has 1 aromatic heterocycles. The second-order valence-electron chi connectivity index (χ2n) is 5.56. The largest absolute Gasteiger partial charge is 0.422 e. The van der Waals surface area contributed by atoms with Crippen LogP contribution in [0.15, 0.2) is 57.7 Å². The van der Waals surface area contributed by atoms with Crippen molar-refractivity contribution in [2.24, 2.45) is 5.84 Å². The summed E-state index contributed by atoms with van der Waals surface area (Å²) >= 11 is 0. The average Bonchev–Trinajstić information content (AvgIpc) is 2.62. The van der Waals surface area contributed by atoms with Crippen LogP contribution in [0, 0.1) is 0 Å². The van der Waals surface area contributed by atoms with Gasteiger partial charge in [-0.2, -0.15) is 0 Å². The van der Waals surface area contributed by atoms with Gasteiger partial charge in [-0.15, -0.1) is 0 Å². The third kappa shape index (κ3) is 2.98. The molecule has 5 heteroatoms.